The molecule has 7 heteroatoms. The number of methoxy groups -OCH3 is 1. The van der Waals surface area contributed by atoms with Crippen LogP contribution in [0.25, 0.3) is 0 Å². The van der Waals surface area contributed by atoms with Gasteiger partial charge >= 0.3 is 0 Å². The molecular formula is C11H16N6O. The molecule has 0 fully saturated rings. The van der Waals surface area contributed by atoms with E-state index < -0.39 is 0 Å². The first-order chi connectivity index (χ1) is 8.58. The van der Waals surface area contributed by atoms with E-state index in [1.54, 1.807) is 17.9 Å². The number of nitrogen functional groups attached to an aromatic ring is 1. The average molecular weight is 248 g/mol. The van der Waals surface area contributed by atoms with Gasteiger partial charge in [-0.15, -0.1) is 0 Å². The molecule has 7 nitrogen and oxygen atoms in total. The van der Waals surface area contributed by atoms with Crippen molar-refractivity contribution in [1.29, 1.82) is 0 Å². The highest BCUT2D eigenvalue weighted by Crippen LogP contribution is 2.18. The maximum absolute atomic E-state index is 5.72. The summed E-state index contributed by atoms with van der Waals surface area (Å²) in [7, 11) is 3.45. The highest BCUT2D eigenvalue weighted by molar-refractivity contribution is 5.59. The fourth-order valence-corrected chi connectivity index (χ4v) is 1.64. The molecular weight excluding hydrogens is 232 g/mol. The molecule has 0 radical (unpaired) electrons. The van der Waals surface area contributed by atoms with Crippen LogP contribution in [0.5, 0.6) is 0 Å². The molecule has 0 aliphatic heterocycles. The third kappa shape index (κ3) is 2.75. The first kappa shape index (κ1) is 12.3. The lowest BCUT2D eigenvalue weighted by atomic mass is 10.4. The summed E-state index contributed by atoms with van der Waals surface area (Å²) in [6.07, 6.45) is 1.88. The number of nitrogens with two attached hydrogens (primary N) is 1. The number of rotatable bonds is 4. The van der Waals surface area contributed by atoms with Crippen LogP contribution >= 0.6 is 0 Å². The van der Waals surface area contributed by atoms with Gasteiger partial charge in [-0.2, -0.15) is 5.10 Å². The van der Waals surface area contributed by atoms with Gasteiger partial charge in [-0.3, -0.25) is 4.68 Å². The quantitative estimate of drug-likeness (QED) is 0.838. The zero-order valence-electron chi connectivity index (χ0n) is 10.6. The number of aryl methyl sites for hydroxylation is 2. The summed E-state index contributed by atoms with van der Waals surface area (Å²) in [5.41, 5.74) is 7.50. The molecule has 0 amide bonds. The van der Waals surface area contributed by atoms with Gasteiger partial charge in [-0.1, -0.05) is 0 Å². The Bertz CT molecular complexity index is 550. The fourth-order valence-electron chi connectivity index (χ4n) is 1.64. The smallest absolute Gasteiger partial charge is 0.158 e. The molecule has 0 aromatic carbocycles. The predicted octanol–water partition coefficient (Wildman–Crippen LogP) is 0.991. The third-order valence-corrected chi connectivity index (χ3v) is 2.34. The second kappa shape index (κ2) is 5.01. The Balaban J connectivity index is 2.25. The van der Waals surface area contributed by atoms with Crippen LogP contribution in [0.2, 0.25) is 0 Å². The van der Waals surface area contributed by atoms with Crippen molar-refractivity contribution >= 4 is 17.3 Å². The van der Waals surface area contributed by atoms with E-state index in [1.165, 1.54) is 0 Å². The molecule has 0 saturated heterocycles. The predicted molar refractivity (Wildman–Crippen MR) is 68.4 cm³/mol. The fraction of sp³-hybridized carbons (Fsp3) is 0.364. The molecule has 0 atom stereocenters. The second-order valence-electron chi connectivity index (χ2n) is 3.95. The molecule has 0 spiro atoms. The Morgan fingerprint density at radius 1 is 1.44 bits per heavy atom. The highest BCUT2D eigenvalue weighted by Gasteiger charge is 2.06. The van der Waals surface area contributed by atoms with E-state index in [2.05, 4.69) is 20.4 Å². The van der Waals surface area contributed by atoms with Gasteiger partial charge in [-0.05, 0) is 6.92 Å². The Hall–Kier alpha value is -2.15. The van der Waals surface area contributed by atoms with E-state index >= 15 is 0 Å². The van der Waals surface area contributed by atoms with Gasteiger partial charge in [0.1, 0.15) is 18.2 Å². The van der Waals surface area contributed by atoms with Crippen molar-refractivity contribution in [3.8, 4) is 0 Å². The number of hydrogen-bond donors (Lipinski definition) is 2. The highest BCUT2D eigenvalue weighted by atomic mass is 16.5. The molecule has 0 bridgehead atoms. The van der Waals surface area contributed by atoms with Gasteiger partial charge < -0.3 is 15.8 Å². The maximum atomic E-state index is 5.72. The van der Waals surface area contributed by atoms with Crippen molar-refractivity contribution in [2.75, 3.05) is 18.2 Å². The zero-order chi connectivity index (χ0) is 13.1. The second-order valence-corrected chi connectivity index (χ2v) is 3.95. The van der Waals surface area contributed by atoms with Crippen molar-refractivity contribution < 1.29 is 4.74 Å². The lowest BCUT2D eigenvalue weighted by Crippen LogP contribution is -2.04. The topological polar surface area (TPSA) is 90.9 Å². The Labute approximate surface area is 105 Å². The van der Waals surface area contributed by atoms with Crippen LogP contribution in [0.15, 0.2) is 12.3 Å². The standard InChI is InChI=1S/C11H16N6O/c1-7-8(5-17(2)16-7)13-10-4-9(12)14-11(15-10)6-18-3/h4-5H,6H2,1-3H3,(H3,12,13,14,15). The molecule has 18 heavy (non-hydrogen) atoms. The van der Waals surface area contributed by atoms with Gasteiger partial charge in [-0.25, -0.2) is 9.97 Å². The van der Waals surface area contributed by atoms with E-state index in [4.69, 9.17) is 10.5 Å². The number of anilines is 3. The van der Waals surface area contributed by atoms with Gasteiger partial charge in [0.25, 0.3) is 0 Å². The SMILES string of the molecule is COCc1nc(N)cc(Nc2cn(C)nc2C)n1. The third-order valence-electron chi connectivity index (χ3n) is 2.34. The molecule has 96 valence electrons. The molecule has 0 aliphatic carbocycles. The summed E-state index contributed by atoms with van der Waals surface area (Å²) >= 11 is 0. The molecule has 2 aromatic heterocycles. The van der Waals surface area contributed by atoms with E-state index in [9.17, 15) is 0 Å². The molecule has 0 aliphatic rings. The Morgan fingerprint density at radius 2 is 2.22 bits per heavy atom. The minimum Gasteiger partial charge on any atom is -0.384 e. The largest absolute Gasteiger partial charge is 0.384 e. The summed E-state index contributed by atoms with van der Waals surface area (Å²) in [6, 6.07) is 1.67. The first-order valence-corrected chi connectivity index (χ1v) is 5.48. The van der Waals surface area contributed by atoms with Crippen LogP contribution in [-0.4, -0.2) is 26.9 Å². The van der Waals surface area contributed by atoms with E-state index in [0.717, 1.165) is 11.4 Å². The first-order valence-electron chi connectivity index (χ1n) is 5.48. The maximum Gasteiger partial charge on any atom is 0.158 e. The van der Waals surface area contributed by atoms with Crippen LogP contribution in [0.3, 0.4) is 0 Å². The van der Waals surface area contributed by atoms with E-state index in [-0.39, 0.29) is 0 Å². The van der Waals surface area contributed by atoms with Crippen molar-refractivity contribution in [1.82, 2.24) is 19.7 Å². The van der Waals surface area contributed by atoms with Gasteiger partial charge in [0.05, 0.1) is 11.4 Å². The number of ether oxygens (including phenoxy) is 1. The van der Waals surface area contributed by atoms with Crippen LogP contribution < -0.4 is 11.1 Å². The van der Waals surface area contributed by atoms with E-state index in [0.29, 0.717) is 24.1 Å². The summed E-state index contributed by atoms with van der Waals surface area (Å²) < 4.78 is 6.73. The van der Waals surface area contributed by atoms with Gasteiger partial charge in [0.15, 0.2) is 5.82 Å². The van der Waals surface area contributed by atoms with Crippen molar-refractivity contribution in [2.24, 2.45) is 7.05 Å². The molecule has 2 aromatic rings. The summed E-state index contributed by atoms with van der Waals surface area (Å²) in [5, 5.41) is 7.41. The molecule has 2 rings (SSSR count). The van der Waals surface area contributed by atoms with E-state index in [1.807, 2.05) is 20.2 Å². The average Bonchev–Trinajstić information content (AvgIpc) is 2.57. The molecule has 0 saturated carbocycles. The Kier molecular flexibility index (Phi) is 3.42. The lowest BCUT2D eigenvalue weighted by Gasteiger charge is -2.07. The Morgan fingerprint density at radius 3 is 2.83 bits per heavy atom. The number of hydrogen-bond acceptors (Lipinski definition) is 6. The van der Waals surface area contributed by atoms with Crippen LogP contribution in [0.4, 0.5) is 17.3 Å². The normalized spacial score (nSPS) is 10.6. The number of nitrogens with one attached hydrogen (secondary N) is 1. The van der Waals surface area contributed by atoms with Crippen LogP contribution in [0, 0.1) is 6.92 Å². The van der Waals surface area contributed by atoms with Crippen molar-refractivity contribution in [2.45, 2.75) is 13.5 Å². The zero-order valence-corrected chi connectivity index (χ0v) is 10.6. The minimum absolute atomic E-state index is 0.325. The van der Waals surface area contributed by atoms with Crippen LogP contribution in [-0.2, 0) is 18.4 Å². The van der Waals surface area contributed by atoms with Crippen molar-refractivity contribution in [3.63, 3.8) is 0 Å². The molecule has 2 heterocycles. The summed E-state index contributed by atoms with van der Waals surface area (Å²) in [6.45, 7) is 2.24. The van der Waals surface area contributed by atoms with Gasteiger partial charge in [0, 0.05) is 26.4 Å². The monoisotopic (exact) mass is 248 g/mol. The van der Waals surface area contributed by atoms with Crippen LogP contribution in [0.1, 0.15) is 11.5 Å². The number of aromatic nitrogens is 4. The summed E-state index contributed by atoms with van der Waals surface area (Å²) in [4.78, 5) is 8.38. The van der Waals surface area contributed by atoms with Gasteiger partial charge in [0.2, 0.25) is 0 Å². The lowest BCUT2D eigenvalue weighted by molar-refractivity contribution is 0.178. The summed E-state index contributed by atoms with van der Waals surface area (Å²) in [5.74, 6) is 1.58. The minimum atomic E-state index is 0.325. The molecule has 3 N–H and O–H groups in total. The van der Waals surface area contributed by atoms with Crippen molar-refractivity contribution in [3.05, 3.63) is 23.8 Å². The molecule has 0 unspecified atom stereocenters. The number of nitrogens with zero attached hydrogens (tertiary/aromatic N) is 4.